The zero-order valence-corrected chi connectivity index (χ0v) is 6.64. The molecule has 59 valence electrons. The molecule has 2 rings (SSSR count). The summed E-state index contributed by atoms with van der Waals surface area (Å²) in [7, 11) is 0. The average Bonchev–Trinajstić information content (AvgIpc) is 2.53. The van der Waals surface area contributed by atoms with Crippen molar-refractivity contribution in [2.75, 3.05) is 0 Å². The summed E-state index contributed by atoms with van der Waals surface area (Å²) in [6, 6.07) is 9.72. The van der Waals surface area contributed by atoms with Crippen molar-refractivity contribution >= 4 is 0 Å². The number of pyridine rings is 1. The third-order valence-electron chi connectivity index (χ3n) is 1.73. The van der Waals surface area contributed by atoms with E-state index >= 15 is 0 Å². The van der Waals surface area contributed by atoms with E-state index in [0.717, 1.165) is 11.5 Å². The molecule has 0 bridgehead atoms. The number of aromatic nitrogens is 2. The van der Waals surface area contributed by atoms with Crippen LogP contribution in [0.2, 0.25) is 0 Å². The number of rotatable bonds is 1. The number of hydrogen-bond donors (Lipinski definition) is 0. The summed E-state index contributed by atoms with van der Waals surface area (Å²) in [4.78, 5) is 4.20. The molecule has 0 aliphatic rings. The normalized spacial score (nSPS) is 10.1. The van der Waals surface area contributed by atoms with Crippen molar-refractivity contribution in [2.45, 2.75) is 0 Å². The molecule has 2 heterocycles. The lowest BCUT2D eigenvalue weighted by molar-refractivity contribution is 0.986. The molecule has 0 aromatic carbocycles. The van der Waals surface area contributed by atoms with Gasteiger partial charge < -0.3 is 4.57 Å². The van der Waals surface area contributed by atoms with Crippen LogP contribution in [0.4, 0.5) is 0 Å². The first-order valence-electron chi connectivity index (χ1n) is 3.78. The highest BCUT2D eigenvalue weighted by molar-refractivity contribution is 5.28. The Bertz CT molecular complexity index is 362. The Morgan fingerprint density at radius 1 is 1.17 bits per heavy atom. The molecular weight excluding hydrogens is 148 g/mol. The first kappa shape index (κ1) is 7.10. The van der Waals surface area contributed by atoms with Gasteiger partial charge in [-0.2, -0.15) is 0 Å². The van der Waals surface area contributed by atoms with Gasteiger partial charge in [0.1, 0.15) is 5.82 Å². The average molecular weight is 157 g/mol. The highest BCUT2D eigenvalue weighted by atomic mass is 15.0. The largest absolute Gasteiger partial charge is 0.306 e. The molecule has 1 radical (unpaired) electrons. The fourth-order valence-electron chi connectivity index (χ4n) is 1.14. The second-order valence-corrected chi connectivity index (χ2v) is 2.56. The van der Waals surface area contributed by atoms with Crippen molar-refractivity contribution in [3.8, 4) is 5.82 Å². The first-order valence-corrected chi connectivity index (χ1v) is 3.78. The lowest BCUT2D eigenvalue weighted by atomic mass is 10.4. The minimum atomic E-state index is 0.910. The minimum Gasteiger partial charge on any atom is -0.306 e. The molecular formula is C10H9N2. The lowest BCUT2D eigenvalue weighted by Gasteiger charge is -2.02. The van der Waals surface area contributed by atoms with Crippen LogP contribution in [0.5, 0.6) is 0 Å². The molecule has 0 N–H and O–H groups in total. The molecule has 2 nitrogen and oxygen atoms in total. The van der Waals surface area contributed by atoms with E-state index in [1.54, 1.807) is 6.20 Å². The van der Waals surface area contributed by atoms with E-state index < -0.39 is 0 Å². The van der Waals surface area contributed by atoms with Crippen LogP contribution in [0.25, 0.3) is 5.82 Å². The predicted octanol–water partition coefficient (Wildman–Crippen LogP) is 2.05. The lowest BCUT2D eigenvalue weighted by Crippen LogP contribution is -1.96. The summed E-state index contributed by atoms with van der Waals surface area (Å²) < 4.78 is 1.94. The van der Waals surface area contributed by atoms with Crippen molar-refractivity contribution in [1.29, 1.82) is 0 Å². The maximum absolute atomic E-state index is 4.20. The minimum absolute atomic E-state index is 0.910. The van der Waals surface area contributed by atoms with Gasteiger partial charge in [-0.3, -0.25) is 0 Å². The second-order valence-electron chi connectivity index (χ2n) is 2.56. The van der Waals surface area contributed by atoms with Gasteiger partial charge in [0, 0.05) is 18.1 Å². The third kappa shape index (κ3) is 1.11. The van der Waals surface area contributed by atoms with Gasteiger partial charge in [-0.25, -0.2) is 4.98 Å². The molecule has 0 unspecified atom stereocenters. The Hall–Kier alpha value is -1.57. The van der Waals surface area contributed by atoms with Crippen LogP contribution < -0.4 is 0 Å². The van der Waals surface area contributed by atoms with E-state index in [1.807, 2.05) is 41.1 Å². The molecule has 0 fully saturated rings. The molecule has 0 atom stereocenters. The van der Waals surface area contributed by atoms with Crippen LogP contribution in [0, 0.1) is 6.92 Å². The maximum atomic E-state index is 4.20. The molecule has 12 heavy (non-hydrogen) atoms. The molecule has 2 aromatic heterocycles. The Morgan fingerprint density at radius 2 is 2.08 bits per heavy atom. The van der Waals surface area contributed by atoms with Gasteiger partial charge in [0.25, 0.3) is 0 Å². The predicted molar refractivity (Wildman–Crippen MR) is 48.0 cm³/mol. The van der Waals surface area contributed by atoms with Crippen LogP contribution in [0.3, 0.4) is 0 Å². The van der Waals surface area contributed by atoms with Crippen molar-refractivity contribution in [3.63, 3.8) is 0 Å². The molecule has 2 heteroatoms. The zero-order valence-electron chi connectivity index (χ0n) is 6.64. The Kier molecular flexibility index (Phi) is 1.67. The van der Waals surface area contributed by atoms with Gasteiger partial charge in [-0.1, -0.05) is 6.07 Å². The smallest absolute Gasteiger partial charge is 0.136 e. The fourth-order valence-corrected chi connectivity index (χ4v) is 1.14. The van der Waals surface area contributed by atoms with E-state index in [-0.39, 0.29) is 0 Å². The molecule has 2 aromatic rings. The summed E-state index contributed by atoms with van der Waals surface area (Å²) >= 11 is 0. The first-order chi connectivity index (χ1) is 5.88. The topological polar surface area (TPSA) is 17.8 Å². The SMILES string of the molecule is [CH2]c1cccn1-c1ccccn1. The monoisotopic (exact) mass is 157 g/mol. The van der Waals surface area contributed by atoms with Gasteiger partial charge in [0.2, 0.25) is 0 Å². The highest BCUT2D eigenvalue weighted by Crippen LogP contribution is 2.07. The molecule has 0 aliphatic heterocycles. The standard InChI is InChI=1S/C10H9N2/c1-9-5-4-8-12(9)10-6-2-3-7-11-10/h2-8H,1H2. The molecule has 0 spiro atoms. The van der Waals surface area contributed by atoms with Gasteiger partial charge >= 0.3 is 0 Å². The van der Waals surface area contributed by atoms with Gasteiger partial charge in [0.05, 0.1) is 0 Å². The molecule has 0 aliphatic carbocycles. The number of nitrogens with zero attached hydrogens (tertiary/aromatic N) is 2. The van der Waals surface area contributed by atoms with Crippen LogP contribution in [-0.2, 0) is 0 Å². The van der Waals surface area contributed by atoms with E-state index in [4.69, 9.17) is 0 Å². The van der Waals surface area contributed by atoms with E-state index in [9.17, 15) is 0 Å². The van der Waals surface area contributed by atoms with Gasteiger partial charge in [-0.15, -0.1) is 0 Å². The van der Waals surface area contributed by atoms with Crippen LogP contribution >= 0.6 is 0 Å². The van der Waals surface area contributed by atoms with Gasteiger partial charge in [0.15, 0.2) is 0 Å². The van der Waals surface area contributed by atoms with E-state index in [0.29, 0.717) is 0 Å². The molecule has 0 amide bonds. The molecule has 0 saturated carbocycles. The van der Waals surface area contributed by atoms with Crippen molar-refractivity contribution in [3.05, 3.63) is 55.3 Å². The van der Waals surface area contributed by atoms with Crippen LogP contribution in [0.15, 0.2) is 42.7 Å². The summed E-state index contributed by atoms with van der Waals surface area (Å²) in [6.45, 7) is 3.88. The van der Waals surface area contributed by atoms with E-state index in [2.05, 4.69) is 11.9 Å². The highest BCUT2D eigenvalue weighted by Gasteiger charge is 1.97. The maximum Gasteiger partial charge on any atom is 0.136 e. The molecule has 0 saturated heterocycles. The quantitative estimate of drug-likeness (QED) is 0.619. The van der Waals surface area contributed by atoms with Crippen molar-refractivity contribution in [2.24, 2.45) is 0 Å². The van der Waals surface area contributed by atoms with Crippen LogP contribution in [-0.4, -0.2) is 9.55 Å². The second kappa shape index (κ2) is 2.81. The summed E-state index contributed by atoms with van der Waals surface area (Å²) in [5, 5.41) is 0. The number of hydrogen-bond acceptors (Lipinski definition) is 1. The third-order valence-corrected chi connectivity index (χ3v) is 1.73. The van der Waals surface area contributed by atoms with E-state index in [1.165, 1.54) is 0 Å². The Morgan fingerprint density at radius 3 is 2.67 bits per heavy atom. The Labute approximate surface area is 71.5 Å². The van der Waals surface area contributed by atoms with Crippen molar-refractivity contribution in [1.82, 2.24) is 9.55 Å². The summed E-state index contributed by atoms with van der Waals surface area (Å²) in [5.41, 5.74) is 0.953. The zero-order chi connectivity index (χ0) is 8.39. The fraction of sp³-hybridized carbons (Fsp3) is 0. The Balaban J connectivity index is 2.51. The summed E-state index contributed by atoms with van der Waals surface area (Å²) in [6.07, 6.45) is 3.72. The van der Waals surface area contributed by atoms with Crippen molar-refractivity contribution < 1.29 is 0 Å². The summed E-state index contributed by atoms with van der Waals surface area (Å²) in [5.74, 6) is 0.910. The van der Waals surface area contributed by atoms with Gasteiger partial charge in [-0.05, 0) is 31.2 Å². The van der Waals surface area contributed by atoms with Crippen LogP contribution in [0.1, 0.15) is 5.69 Å².